The predicted octanol–water partition coefficient (Wildman–Crippen LogP) is 2.88. The smallest absolute Gasteiger partial charge is 0.340 e. The summed E-state index contributed by atoms with van der Waals surface area (Å²) in [6.45, 7) is 5.01. The average molecular weight is 1390 g/mol. The molecule has 5 aromatic rings. The molecule has 27 nitrogen and oxygen atoms in total. The summed E-state index contributed by atoms with van der Waals surface area (Å²) >= 11 is 1.42. The Hall–Kier alpha value is -9.06. The highest BCUT2D eigenvalue weighted by atomic mass is 32.2. The summed E-state index contributed by atoms with van der Waals surface area (Å²) in [4.78, 5) is 162. The van der Waals surface area contributed by atoms with E-state index in [9.17, 15) is 57.8 Å². The monoisotopic (exact) mass is 1390 g/mol. The first kappa shape index (κ1) is 77.3. The van der Waals surface area contributed by atoms with Gasteiger partial charge in [-0.15, -0.1) is 0 Å². The maximum atomic E-state index is 14.9. The number of amides is 8. The molecule has 0 saturated heterocycles. The minimum absolute atomic E-state index is 0.0346. The van der Waals surface area contributed by atoms with Crippen molar-refractivity contribution in [3.05, 3.63) is 125 Å². The Kier molecular flexibility index (Phi) is 28.6. The van der Waals surface area contributed by atoms with Gasteiger partial charge in [-0.2, -0.15) is 11.8 Å². The van der Waals surface area contributed by atoms with Gasteiger partial charge in [-0.05, 0) is 141 Å². The van der Waals surface area contributed by atoms with E-state index in [1.807, 2.05) is 68.5 Å². The number of esters is 1. The molecular weight excluding hydrogens is 1290 g/mol. The number of nitrogens with zero attached hydrogens (tertiary/aromatic N) is 5. The molecule has 3 heterocycles. The quantitative estimate of drug-likeness (QED) is 0.0207. The van der Waals surface area contributed by atoms with Crippen molar-refractivity contribution in [2.45, 2.75) is 108 Å². The van der Waals surface area contributed by atoms with Gasteiger partial charge in [0.2, 0.25) is 47.3 Å². The van der Waals surface area contributed by atoms with Gasteiger partial charge in [0.1, 0.15) is 29.4 Å². The number of ether oxygens (including phenoxy) is 3. The van der Waals surface area contributed by atoms with Crippen LogP contribution in [-0.4, -0.2) is 242 Å². The second kappa shape index (κ2) is 36.7. The van der Waals surface area contributed by atoms with Crippen LogP contribution >= 0.6 is 11.8 Å². The fourth-order valence-electron chi connectivity index (χ4n) is 11.8. The van der Waals surface area contributed by atoms with Crippen LogP contribution in [0.1, 0.15) is 97.5 Å². The molecule has 1 aromatic heterocycles. The number of thioether (sulfide) groups is 1. The van der Waals surface area contributed by atoms with Gasteiger partial charge in [0, 0.05) is 105 Å². The molecule has 2 unspecified atom stereocenters. The molecule has 0 aliphatic carbocycles. The summed E-state index contributed by atoms with van der Waals surface area (Å²) in [5.74, 6) is -5.27. The lowest BCUT2D eigenvalue weighted by Crippen LogP contribution is -2.59. The van der Waals surface area contributed by atoms with Crippen molar-refractivity contribution in [1.82, 2.24) is 50.8 Å². The number of benzene rings is 4. The molecule has 0 bridgehead atoms. The Bertz CT molecular complexity index is 3730. The van der Waals surface area contributed by atoms with Crippen LogP contribution in [0.5, 0.6) is 11.5 Å². The highest BCUT2D eigenvalue weighted by molar-refractivity contribution is 7.98. The fourth-order valence-corrected chi connectivity index (χ4v) is 12.2. The number of methoxy groups -OCH3 is 1. The standard InChI is InChI=1S/C71H94N12O15S/c1-44(84)41-81(30-14-28-79(4)5)64(90)43-83(32-16-33-96-8)65(91)42-82(31-15-29-80(6)7)63(89)40-74-61(87)25-26-62(88)75-49-22-24-54-60(38-49)97-59-36-47(21-23-53(59)71(54)52-19-12-10-18-51(52)70(95)98-71)35-58(86)57(37-48-39-73-55-20-13-11-17-50(48)55)77-68(93)56(27-34-99-9)76-69(94)66(46(3)85)78-67(92)45(2)72/h10-13,17-24,36,38-39,45-46,56-57,66,73,85H,14-16,25-35,37,40-43,72H2,1-9H3,(H,74,87)(H,75,88)(H,76,94)(H,77,93)(H,78,92)/t45-,46?,56-,57-,66-,71?/m0/s1. The Balaban J connectivity index is 1.06. The topological polar surface area (TPSA) is 354 Å². The Morgan fingerprint density at radius 3 is 1.94 bits per heavy atom. The fraction of sp³-hybridized carbons (Fsp3) is 0.479. The van der Waals surface area contributed by atoms with Crippen LogP contribution in [0.2, 0.25) is 0 Å². The Morgan fingerprint density at radius 2 is 1.29 bits per heavy atom. The van der Waals surface area contributed by atoms with Crippen molar-refractivity contribution < 1.29 is 72.1 Å². The van der Waals surface area contributed by atoms with E-state index < -0.39 is 101 Å². The first-order valence-corrected chi connectivity index (χ1v) is 34.5. The lowest BCUT2D eigenvalue weighted by atomic mass is 9.77. The van der Waals surface area contributed by atoms with Crippen LogP contribution in [0.3, 0.4) is 0 Å². The zero-order valence-corrected chi connectivity index (χ0v) is 58.7. The Morgan fingerprint density at radius 1 is 0.687 bits per heavy atom. The third-order valence-electron chi connectivity index (χ3n) is 16.9. The lowest BCUT2D eigenvalue weighted by molar-refractivity contribution is -0.145. The lowest BCUT2D eigenvalue weighted by Gasteiger charge is -2.37. The molecule has 4 aromatic carbocycles. The van der Waals surface area contributed by atoms with Gasteiger partial charge >= 0.3 is 5.97 Å². The van der Waals surface area contributed by atoms with Crippen molar-refractivity contribution in [2.24, 2.45) is 5.73 Å². The van der Waals surface area contributed by atoms with E-state index in [1.165, 1.54) is 54.3 Å². The van der Waals surface area contributed by atoms with Crippen molar-refractivity contribution >= 4 is 93.1 Å². The molecule has 0 fully saturated rings. The third kappa shape index (κ3) is 21.2. The zero-order chi connectivity index (χ0) is 72.1. The number of aromatic amines is 1. The molecule has 0 saturated carbocycles. The number of hydrogen-bond donors (Lipinski definition) is 8. The van der Waals surface area contributed by atoms with Crippen LogP contribution in [-0.2, 0) is 75.9 Å². The minimum Gasteiger partial charge on any atom is -0.456 e. The maximum absolute atomic E-state index is 14.9. The second-order valence-electron chi connectivity index (χ2n) is 25.5. The molecule has 6 atom stereocenters. The molecule has 7 rings (SSSR count). The molecule has 2 aliphatic heterocycles. The summed E-state index contributed by atoms with van der Waals surface area (Å²) in [7, 11) is 9.07. The molecule has 9 N–H and O–H groups in total. The summed E-state index contributed by atoms with van der Waals surface area (Å²) in [6.07, 6.45) is 3.00. The maximum Gasteiger partial charge on any atom is 0.340 e. The van der Waals surface area contributed by atoms with Crippen LogP contribution in [0.25, 0.3) is 10.9 Å². The molecule has 28 heteroatoms. The summed E-state index contributed by atoms with van der Waals surface area (Å²) < 4.78 is 18.3. The number of ketones is 2. The first-order valence-electron chi connectivity index (χ1n) is 33.1. The number of nitrogens with one attached hydrogen (secondary N) is 6. The number of para-hydroxylation sites is 1. The summed E-state index contributed by atoms with van der Waals surface area (Å²) in [5, 5.41) is 24.8. The number of aliphatic hydroxyl groups excluding tert-OH is 1. The molecule has 1 spiro atoms. The number of hydrogen-bond acceptors (Lipinski definition) is 19. The Labute approximate surface area is 581 Å². The number of anilines is 1. The molecule has 0 radical (unpaired) electrons. The largest absolute Gasteiger partial charge is 0.456 e. The normalized spacial score (nSPS) is 15.1. The molecule has 534 valence electrons. The summed E-state index contributed by atoms with van der Waals surface area (Å²) in [5.41, 5.74) is 8.09. The highest BCUT2D eigenvalue weighted by Crippen LogP contribution is 2.56. The van der Waals surface area contributed by atoms with Gasteiger partial charge in [-0.3, -0.25) is 47.9 Å². The molecule has 8 amide bonds. The number of aromatic nitrogens is 1. The zero-order valence-electron chi connectivity index (χ0n) is 57.9. The number of carbonyl (C=O) groups excluding carboxylic acids is 11. The molecule has 99 heavy (non-hydrogen) atoms. The van der Waals surface area contributed by atoms with E-state index in [0.29, 0.717) is 79.1 Å². The number of aliphatic hydroxyl groups is 1. The van der Waals surface area contributed by atoms with E-state index in [0.717, 1.165) is 16.5 Å². The van der Waals surface area contributed by atoms with Gasteiger partial charge < -0.3 is 81.1 Å². The summed E-state index contributed by atoms with van der Waals surface area (Å²) in [6, 6.07) is 19.5. The van der Waals surface area contributed by atoms with Crippen LogP contribution in [0.4, 0.5) is 5.69 Å². The van der Waals surface area contributed by atoms with Crippen LogP contribution < -0.4 is 37.1 Å². The highest BCUT2D eigenvalue weighted by Gasteiger charge is 2.53. The van der Waals surface area contributed by atoms with Crippen molar-refractivity contribution in [3.8, 4) is 11.5 Å². The van der Waals surface area contributed by atoms with Gasteiger partial charge in [0.05, 0.1) is 49.9 Å². The third-order valence-corrected chi connectivity index (χ3v) is 17.6. The number of carbonyl (C=O) groups is 11. The van der Waals surface area contributed by atoms with E-state index in [2.05, 4.69) is 31.6 Å². The molecular formula is C71H94N12O15S. The predicted molar refractivity (Wildman–Crippen MR) is 374 cm³/mol. The van der Waals surface area contributed by atoms with Gasteiger partial charge in [-0.25, -0.2) is 4.79 Å². The van der Waals surface area contributed by atoms with Crippen LogP contribution in [0.15, 0.2) is 91.1 Å². The van der Waals surface area contributed by atoms with Crippen molar-refractivity contribution in [2.75, 3.05) is 118 Å². The number of fused-ring (bicyclic) bond motifs is 7. The van der Waals surface area contributed by atoms with E-state index in [-0.39, 0.29) is 87.8 Å². The number of rotatable bonds is 39. The minimum atomic E-state index is -1.56. The van der Waals surface area contributed by atoms with E-state index >= 15 is 0 Å². The average Bonchev–Trinajstić information content (AvgIpc) is 1.60. The second-order valence-corrected chi connectivity index (χ2v) is 26.5. The van der Waals surface area contributed by atoms with Crippen LogP contribution in [0, 0.1) is 0 Å². The van der Waals surface area contributed by atoms with Gasteiger partial charge in [0.15, 0.2) is 11.4 Å². The number of Topliss-reactive ketones (excluding diaryl/α,β-unsaturated/α-hetero) is 2. The number of nitrogens with two attached hydrogens (primary N) is 1. The van der Waals surface area contributed by atoms with Gasteiger partial charge in [0.25, 0.3) is 0 Å². The van der Waals surface area contributed by atoms with E-state index in [4.69, 9.17) is 19.9 Å². The van der Waals surface area contributed by atoms with Crippen molar-refractivity contribution in [1.29, 1.82) is 0 Å². The number of H-pyrrole nitrogens is 1. The first-order chi connectivity index (χ1) is 47.2. The SMILES string of the molecule is COCCCN(CC(=O)N(CCCN(C)C)CC(C)=O)C(=O)CN(CCCN(C)C)C(=O)CNC(=O)CCC(=O)Nc1ccc2c(c1)Oc1cc(CC(=O)[C@H](Cc3c[nH]c4ccccc34)NC(=O)[C@H](CCSC)NC(=O)[C@@H](NC(=O)[C@H](C)N)C(C)O)ccc1C21OC(=O)c2ccccc21. The van der Waals surface area contributed by atoms with Gasteiger partial charge in [-0.1, -0.05) is 48.5 Å². The van der Waals surface area contributed by atoms with E-state index in [1.54, 1.807) is 66.9 Å². The molecule has 2 aliphatic rings. The van der Waals surface area contributed by atoms with Crippen molar-refractivity contribution in [3.63, 3.8) is 0 Å².